The molecule has 1 N–H and O–H groups in total. The van der Waals surface area contributed by atoms with Gasteiger partial charge in [-0.15, -0.1) is 5.10 Å². The molecule has 1 amide bonds. The van der Waals surface area contributed by atoms with Crippen molar-refractivity contribution in [3.05, 3.63) is 84.6 Å². The molecule has 3 heterocycles. The number of nitrogens with one attached hydrogen (secondary N) is 1. The van der Waals surface area contributed by atoms with Gasteiger partial charge in [0.2, 0.25) is 0 Å². The van der Waals surface area contributed by atoms with Crippen LogP contribution in [0.25, 0.3) is 16.9 Å². The molecule has 0 saturated carbocycles. The zero-order valence-electron chi connectivity index (χ0n) is 16.4. The molecule has 0 aliphatic carbocycles. The van der Waals surface area contributed by atoms with Crippen LogP contribution in [-0.2, 0) is 6.54 Å². The van der Waals surface area contributed by atoms with Gasteiger partial charge in [0.05, 0.1) is 12.3 Å². The van der Waals surface area contributed by atoms with Gasteiger partial charge in [-0.1, -0.05) is 11.3 Å². The van der Waals surface area contributed by atoms with E-state index < -0.39 is 0 Å². The van der Waals surface area contributed by atoms with E-state index in [9.17, 15) is 4.79 Å². The summed E-state index contributed by atoms with van der Waals surface area (Å²) in [6.07, 6.45) is 6.74. The van der Waals surface area contributed by atoms with Crippen LogP contribution in [-0.4, -0.2) is 37.5 Å². The molecule has 30 heavy (non-hydrogen) atoms. The van der Waals surface area contributed by atoms with Crippen molar-refractivity contribution < 1.29 is 9.53 Å². The first-order chi connectivity index (χ1) is 14.8. The molecule has 4 rings (SSSR count). The second kappa shape index (κ2) is 8.95. The van der Waals surface area contributed by atoms with Gasteiger partial charge in [-0.2, -0.15) is 0 Å². The van der Waals surface area contributed by atoms with Crippen molar-refractivity contribution in [2.24, 2.45) is 0 Å². The van der Waals surface area contributed by atoms with Crippen LogP contribution in [0.1, 0.15) is 23.0 Å². The number of hydrogen-bond acceptors (Lipinski definition) is 6. The molecule has 0 saturated heterocycles. The summed E-state index contributed by atoms with van der Waals surface area (Å²) >= 11 is 0. The number of amides is 1. The van der Waals surface area contributed by atoms with E-state index in [1.54, 1.807) is 29.5 Å². The van der Waals surface area contributed by atoms with E-state index in [2.05, 4.69) is 25.6 Å². The first-order valence-corrected chi connectivity index (χ1v) is 9.52. The molecule has 0 aliphatic rings. The molecule has 0 bridgehead atoms. The molecule has 0 atom stereocenters. The van der Waals surface area contributed by atoms with E-state index in [1.165, 1.54) is 0 Å². The minimum absolute atomic E-state index is 0.235. The summed E-state index contributed by atoms with van der Waals surface area (Å²) < 4.78 is 7.15. The van der Waals surface area contributed by atoms with Crippen molar-refractivity contribution in [1.82, 2.24) is 30.3 Å². The van der Waals surface area contributed by atoms with Crippen LogP contribution in [0.15, 0.2) is 73.3 Å². The molecule has 8 heteroatoms. The predicted molar refractivity (Wildman–Crippen MR) is 111 cm³/mol. The third-order valence-electron chi connectivity index (χ3n) is 4.41. The summed E-state index contributed by atoms with van der Waals surface area (Å²) in [7, 11) is 0. The smallest absolute Gasteiger partial charge is 0.274 e. The first-order valence-electron chi connectivity index (χ1n) is 9.52. The van der Waals surface area contributed by atoms with Crippen molar-refractivity contribution in [2.75, 3.05) is 6.61 Å². The SMILES string of the molecule is CCOc1ccc(-n2nnc(C(=O)NCc3cccnc3)c2-c2ccncc2)cc1. The van der Waals surface area contributed by atoms with Gasteiger partial charge in [0.15, 0.2) is 5.69 Å². The van der Waals surface area contributed by atoms with Crippen LogP contribution in [0.2, 0.25) is 0 Å². The molecule has 150 valence electrons. The van der Waals surface area contributed by atoms with E-state index >= 15 is 0 Å². The molecular weight excluding hydrogens is 380 g/mol. The highest BCUT2D eigenvalue weighted by molar-refractivity contribution is 5.98. The Morgan fingerprint density at radius 3 is 2.53 bits per heavy atom. The Bertz CT molecular complexity index is 1110. The van der Waals surface area contributed by atoms with Crippen LogP contribution in [0, 0.1) is 0 Å². The van der Waals surface area contributed by atoms with Gasteiger partial charge in [-0.25, -0.2) is 4.68 Å². The summed E-state index contributed by atoms with van der Waals surface area (Å²) in [4.78, 5) is 21.0. The molecule has 8 nitrogen and oxygen atoms in total. The van der Waals surface area contributed by atoms with Crippen molar-refractivity contribution >= 4 is 5.91 Å². The molecule has 0 aliphatic heterocycles. The Morgan fingerprint density at radius 1 is 1.03 bits per heavy atom. The number of carbonyl (C=O) groups excluding carboxylic acids is 1. The predicted octanol–water partition coefficient (Wildman–Crippen LogP) is 3.05. The molecule has 0 spiro atoms. The third kappa shape index (κ3) is 4.17. The van der Waals surface area contributed by atoms with Crippen molar-refractivity contribution in [3.8, 4) is 22.7 Å². The van der Waals surface area contributed by atoms with Gasteiger partial charge < -0.3 is 10.1 Å². The van der Waals surface area contributed by atoms with Crippen molar-refractivity contribution in [2.45, 2.75) is 13.5 Å². The zero-order valence-corrected chi connectivity index (χ0v) is 16.4. The number of rotatable bonds is 7. The summed E-state index contributed by atoms with van der Waals surface area (Å²) in [6, 6.07) is 14.8. The Balaban J connectivity index is 1.68. The molecule has 0 fully saturated rings. The van der Waals surface area contributed by atoms with Gasteiger partial charge in [0.1, 0.15) is 11.4 Å². The van der Waals surface area contributed by atoms with Gasteiger partial charge in [-0.3, -0.25) is 14.8 Å². The number of nitrogens with zero attached hydrogens (tertiary/aromatic N) is 5. The minimum atomic E-state index is -0.317. The number of ether oxygens (including phenoxy) is 1. The summed E-state index contributed by atoms with van der Waals surface area (Å²) in [5.41, 5.74) is 3.28. The Labute approximate surface area is 173 Å². The molecule has 0 unspecified atom stereocenters. The maximum absolute atomic E-state index is 12.9. The first kappa shape index (κ1) is 19.3. The summed E-state index contributed by atoms with van der Waals surface area (Å²) in [5, 5.41) is 11.3. The van der Waals surface area contributed by atoms with Crippen LogP contribution in [0.3, 0.4) is 0 Å². The second-order valence-electron chi connectivity index (χ2n) is 6.41. The van der Waals surface area contributed by atoms with Crippen LogP contribution >= 0.6 is 0 Å². The van der Waals surface area contributed by atoms with Crippen LogP contribution in [0.4, 0.5) is 0 Å². The largest absolute Gasteiger partial charge is 0.494 e. The molecular formula is C22H20N6O2. The average molecular weight is 400 g/mol. The normalized spacial score (nSPS) is 10.6. The van der Waals surface area contributed by atoms with Gasteiger partial charge in [-0.05, 0) is 55.0 Å². The van der Waals surface area contributed by atoms with E-state index in [1.807, 2.05) is 55.5 Å². The number of carbonyl (C=O) groups is 1. The fraction of sp³-hybridized carbons (Fsp3) is 0.136. The zero-order chi connectivity index (χ0) is 20.8. The Morgan fingerprint density at radius 2 is 1.83 bits per heavy atom. The standard InChI is InChI=1S/C22H20N6O2/c1-2-30-19-7-5-18(6-8-19)28-21(17-9-12-23-13-10-17)20(26-27-28)22(29)25-15-16-4-3-11-24-14-16/h3-14H,2,15H2,1H3,(H,25,29). The Hall–Kier alpha value is -4.07. The summed E-state index contributed by atoms with van der Waals surface area (Å²) in [6.45, 7) is 2.87. The summed E-state index contributed by atoms with van der Waals surface area (Å²) in [5.74, 6) is 0.448. The van der Waals surface area contributed by atoms with Gasteiger partial charge in [0, 0.05) is 36.9 Å². The van der Waals surface area contributed by atoms with Crippen LogP contribution in [0.5, 0.6) is 5.75 Å². The average Bonchev–Trinajstić information content (AvgIpc) is 3.25. The minimum Gasteiger partial charge on any atom is -0.494 e. The highest BCUT2D eigenvalue weighted by Gasteiger charge is 2.22. The molecule has 0 radical (unpaired) electrons. The van der Waals surface area contributed by atoms with E-state index in [4.69, 9.17) is 4.74 Å². The highest BCUT2D eigenvalue weighted by Crippen LogP contribution is 2.26. The van der Waals surface area contributed by atoms with Crippen molar-refractivity contribution in [3.63, 3.8) is 0 Å². The molecule has 3 aromatic heterocycles. The van der Waals surface area contributed by atoms with Gasteiger partial charge >= 0.3 is 0 Å². The number of pyridine rings is 2. The lowest BCUT2D eigenvalue weighted by Gasteiger charge is -2.10. The molecule has 1 aromatic carbocycles. The van der Waals surface area contributed by atoms with Crippen LogP contribution < -0.4 is 10.1 Å². The maximum atomic E-state index is 12.9. The third-order valence-corrected chi connectivity index (χ3v) is 4.41. The van der Waals surface area contributed by atoms with E-state index in [0.29, 0.717) is 18.8 Å². The number of aromatic nitrogens is 5. The quantitative estimate of drug-likeness (QED) is 0.512. The van der Waals surface area contributed by atoms with Gasteiger partial charge in [0.25, 0.3) is 5.91 Å². The van der Waals surface area contributed by atoms with E-state index in [0.717, 1.165) is 22.6 Å². The highest BCUT2D eigenvalue weighted by atomic mass is 16.5. The lowest BCUT2D eigenvalue weighted by molar-refractivity contribution is 0.0946. The number of hydrogen-bond donors (Lipinski definition) is 1. The maximum Gasteiger partial charge on any atom is 0.274 e. The van der Waals surface area contributed by atoms with Crippen molar-refractivity contribution in [1.29, 1.82) is 0 Å². The lowest BCUT2D eigenvalue weighted by Crippen LogP contribution is -2.24. The monoisotopic (exact) mass is 400 g/mol. The fourth-order valence-corrected chi connectivity index (χ4v) is 3.00. The second-order valence-corrected chi connectivity index (χ2v) is 6.41. The Kier molecular flexibility index (Phi) is 5.75. The molecule has 4 aromatic rings. The lowest BCUT2D eigenvalue weighted by atomic mass is 10.1. The topological polar surface area (TPSA) is 94.8 Å². The fourth-order valence-electron chi connectivity index (χ4n) is 3.00. The van der Waals surface area contributed by atoms with E-state index in [-0.39, 0.29) is 11.6 Å². The number of benzene rings is 1.